The summed E-state index contributed by atoms with van der Waals surface area (Å²) in [6, 6.07) is 9.84. The van der Waals surface area contributed by atoms with Crippen molar-refractivity contribution in [2.75, 3.05) is 33.3 Å². The van der Waals surface area contributed by atoms with Crippen LogP contribution in [0.1, 0.15) is 0 Å². The summed E-state index contributed by atoms with van der Waals surface area (Å²) in [6.07, 6.45) is 0. The molecule has 14 heavy (non-hydrogen) atoms. The van der Waals surface area contributed by atoms with E-state index in [1.54, 1.807) is 0 Å². The second-order valence-electron chi connectivity index (χ2n) is 3.25. The molecule has 1 aromatic rings. The zero-order chi connectivity index (χ0) is 10.2. The third-order valence-electron chi connectivity index (χ3n) is 2.00. The number of ether oxygens (including phenoxy) is 1. The van der Waals surface area contributed by atoms with Gasteiger partial charge >= 0.3 is 0 Å². The molecule has 0 amide bonds. The summed E-state index contributed by atoms with van der Waals surface area (Å²) in [5.41, 5.74) is 5.43. The molecular formula is C11H18N2O. The molecule has 0 saturated carbocycles. The van der Waals surface area contributed by atoms with Crippen LogP contribution in [0.5, 0.6) is 5.75 Å². The van der Waals surface area contributed by atoms with Gasteiger partial charge in [0.25, 0.3) is 0 Å². The summed E-state index contributed by atoms with van der Waals surface area (Å²) in [4.78, 5) is 2.16. The van der Waals surface area contributed by atoms with Crippen molar-refractivity contribution in [2.24, 2.45) is 5.73 Å². The highest BCUT2D eigenvalue weighted by Crippen LogP contribution is 2.07. The Balaban J connectivity index is 2.16. The highest BCUT2D eigenvalue weighted by Gasteiger charge is 1.96. The molecule has 1 aromatic carbocycles. The van der Waals surface area contributed by atoms with Crippen molar-refractivity contribution in [2.45, 2.75) is 0 Å². The summed E-state index contributed by atoms with van der Waals surface area (Å²) >= 11 is 0. The lowest BCUT2D eigenvalue weighted by atomic mass is 10.3. The number of nitrogens with zero attached hydrogens (tertiary/aromatic N) is 1. The summed E-state index contributed by atoms with van der Waals surface area (Å²) in [5.74, 6) is 0.925. The number of likely N-dealkylation sites (N-methyl/N-ethyl adjacent to an activating group) is 1. The Morgan fingerprint density at radius 3 is 2.57 bits per heavy atom. The first-order valence-corrected chi connectivity index (χ1v) is 4.89. The number of benzene rings is 1. The lowest BCUT2D eigenvalue weighted by Gasteiger charge is -2.15. The van der Waals surface area contributed by atoms with Gasteiger partial charge in [0, 0.05) is 19.6 Å². The number of rotatable bonds is 6. The van der Waals surface area contributed by atoms with Crippen LogP contribution in [0, 0.1) is 0 Å². The molecule has 1 rings (SSSR count). The fourth-order valence-electron chi connectivity index (χ4n) is 1.17. The van der Waals surface area contributed by atoms with Gasteiger partial charge in [-0.15, -0.1) is 0 Å². The van der Waals surface area contributed by atoms with E-state index in [0.717, 1.165) is 18.8 Å². The monoisotopic (exact) mass is 194 g/mol. The van der Waals surface area contributed by atoms with Crippen LogP contribution < -0.4 is 10.5 Å². The molecule has 0 spiro atoms. The molecule has 3 nitrogen and oxygen atoms in total. The highest BCUT2D eigenvalue weighted by atomic mass is 16.5. The number of nitrogens with two attached hydrogens (primary N) is 1. The molecule has 0 saturated heterocycles. The minimum Gasteiger partial charge on any atom is -0.492 e. The van der Waals surface area contributed by atoms with Gasteiger partial charge in [0.15, 0.2) is 0 Å². The van der Waals surface area contributed by atoms with Crippen LogP contribution in [-0.4, -0.2) is 38.2 Å². The molecule has 0 atom stereocenters. The Bertz CT molecular complexity index is 238. The van der Waals surface area contributed by atoms with E-state index in [1.807, 2.05) is 37.4 Å². The maximum Gasteiger partial charge on any atom is 0.119 e. The van der Waals surface area contributed by atoms with Gasteiger partial charge in [-0.1, -0.05) is 18.2 Å². The molecular weight excluding hydrogens is 176 g/mol. The molecule has 2 N–H and O–H groups in total. The summed E-state index contributed by atoms with van der Waals surface area (Å²) < 4.78 is 5.54. The predicted molar refractivity (Wildman–Crippen MR) is 58.5 cm³/mol. The third kappa shape index (κ3) is 4.25. The Morgan fingerprint density at radius 2 is 1.93 bits per heavy atom. The molecule has 0 radical (unpaired) electrons. The van der Waals surface area contributed by atoms with Gasteiger partial charge in [-0.2, -0.15) is 0 Å². The zero-order valence-corrected chi connectivity index (χ0v) is 8.65. The summed E-state index contributed by atoms with van der Waals surface area (Å²) in [7, 11) is 2.04. The molecule has 0 aliphatic heterocycles. The first-order valence-electron chi connectivity index (χ1n) is 4.89. The van der Waals surface area contributed by atoms with Crippen LogP contribution in [0.3, 0.4) is 0 Å². The molecule has 0 aromatic heterocycles. The second-order valence-corrected chi connectivity index (χ2v) is 3.25. The largest absolute Gasteiger partial charge is 0.492 e. The maximum absolute atomic E-state index is 5.54. The van der Waals surface area contributed by atoms with Crippen molar-refractivity contribution in [3.63, 3.8) is 0 Å². The third-order valence-corrected chi connectivity index (χ3v) is 2.00. The zero-order valence-electron chi connectivity index (χ0n) is 8.65. The van der Waals surface area contributed by atoms with Gasteiger partial charge in [-0.25, -0.2) is 0 Å². The lowest BCUT2D eigenvalue weighted by molar-refractivity contribution is 0.241. The van der Waals surface area contributed by atoms with Crippen LogP contribution in [0.2, 0.25) is 0 Å². The maximum atomic E-state index is 5.54. The summed E-state index contributed by atoms with van der Waals surface area (Å²) in [6.45, 7) is 3.23. The molecule has 78 valence electrons. The standard InChI is InChI=1S/C11H18N2O/c1-13(8-7-12)9-10-14-11-5-3-2-4-6-11/h2-6H,7-10,12H2,1H3. The number of hydrogen-bond acceptors (Lipinski definition) is 3. The minimum atomic E-state index is 0.696. The Hall–Kier alpha value is -1.06. The molecule has 3 heteroatoms. The van der Waals surface area contributed by atoms with E-state index in [9.17, 15) is 0 Å². The molecule has 0 heterocycles. The van der Waals surface area contributed by atoms with E-state index in [0.29, 0.717) is 13.2 Å². The Kier molecular flexibility index (Phi) is 5.04. The van der Waals surface area contributed by atoms with Gasteiger partial charge in [0.2, 0.25) is 0 Å². The first kappa shape index (κ1) is 11.0. The molecule has 0 aliphatic carbocycles. The van der Waals surface area contributed by atoms with Crippen molar-refractivity contribution in [1.82, 2.24) is 4.90 Å². The van der Waals surface area contributed by atoms with E-state index in [1.165, 1.54) is 0 Å². The number of para-hydroxylation sites is 1. The highest BCUT2D eigenvalue weighted by molar-refractivity contribution is 5.20. The fourth-order valence-corrected chi connectivity index (χ4v) is 1.17. The normalized spacial score (nSPS) is 10.5. The van der Waals surface area contributed by atoms with Crippen LogP contribution >= 0.6 is 0 Å². The molecule has 0 aliphatic rings. The average molecular weight is 194 g/mol. The summed E-state index contributed by atoms with van der Waals surface area (Å²) in [5, 5.41) is 0. The first-order chi connectivity index (χ1) is 6.83. The quantitative estimate of drug-likeness (QED) is 0.733. The fraction of sp³-hybridized carbons (Fsp3) is 0.455. The van der Waals surface area contributed by atoms with Crippen molar-refractivity contribution >= 4 is 0 Å². The second kappa shape index (κ2) is 6.40. The van der Waals surface area contributed by atoms with Gasteiger partial charge in [0.05, 0.1) is 0 Å². The van der Waals surface area contributed by atoms with E-state index in [-0.39, 0.29) is 0 Å². The van der Waals surface area contributed by atoms with Gasteiger partial charge in [-0.3, -0.25) is 0 Å². The van der Waals surface area contributed by atoms with Crippen molar-refractivity contribution in [1.29, 1.82) is 0 Å². The van der Waals surface area contributed by atoms with Gasteiger partial charge < -0.3 is 15.4 Å². The Morgan fingerprint density at radius 1 is 1.21 bits per heavy atom. The Labute approximate surface area is 85.5 Å². The smallest absolute Gasteiger partial charge is 0.119 e. The van der Waals surface area contributed by atoms with Crippen LogP contribution in [0.4, 0.5) is 0 Å². The van der Waals surface area contributed by atoms with Gasteiger partial charge in [-0.05, 0) is 19.2 Å². The lowest BCUT2D eigenvalue weighted by Crippen LogP contribution is -2.29. The van der Waals surface area contributed by atoms with E-state index in [4.69, 9.17) is 10.5 Å². The SMILES string of the molecule is CN(CCN)CCOc1ccccc1. The van der Waals surface area contributed by atoms with Crippen LogP contribution in [0.15, 0.2) is 30.3 Å². The van der Waals surface area contributed by atoms with E-state index in [2.05, 4.69) is 4.90 Å². The minimum absolute atomic E-state index is 0.696. The predicted octanol–water partition coefficient (Wildman–Crippen LogP) is 0.956. The molecule has 0 bridgehead atoms. The van der Waals surface area contributed by atoms with Crippen molar-refractivity contribution < 1.29 is 4.74 Å². The van der Waals surface area contributed by atoms with Crippen molar-refractivity contribution in [3.8, 4) is 5.75 Å². The average Bonchev–Trinajstić information content (AvgIpc) is 2.20. The molecule has 0 unspecified atom stereocenters. The van der Waals surface area contributed by atoms with Crippen molar-refractivity contribution in [3.05, 3.63) is 30.3 Å². The topological polar surface area (TPSA) is 38.5 Å². The van der Waals surface area contributed by atoms with E-state index >= 15 is 0 Å². The van der Waals surface area contributed by atoms with E-state index < -0.39 is 0 Å². The van der Waals surface area contributed by atoms with Gasteiger partial charge in [0.1, 0.15) is 12.4 Å². The van der Waals surface area contributed by atoms with Crippen LogP contribution in [-0.2, 0) is 0 Å². The number of hydrogen-bond donors (Lipinski definition) is 1. The molecule has 0 fully saturated rings. The van der Waals surface area contributed by atoms with Crippen LogP contribution in [0.25, 0.3) is 0 Å².